The molecule has 2 amide bonds. The SMILES string of the molecule is COc1ccc([N+](=O)[O-])cc1NC(=O)C1CC(=O)N(CCc2ccc(F)cc2)C1. The molecular weight excluding hydrogens is 381 g/mol. The van der Waals surface area contributed by atoms with Gasteiger partial charge >= 0.3 is 0 Å². The van der Waals surface area contributed by atoms with Crippen molar-refractivity contribution in [3.63, 3.8) is 0 Å². The molecule has 0 aromatic heterocycles. The van der Waals surface area contributed by atoms with E-state index >= 15 is 0 Å². The number of anilines is 1. The summed E-state index contributed by atoms with van der Waals surface area (Å²) in [5.41, 5.74) is 0.905. The number of non-ortho nitro benzene ring substituents is 1. The highest BCUT2D eigenvalue weighted by molar-refractivity contribution is 5.98. The molecule has 1 saturated heterocycles. The number of nitro groups is 1. The fourth-order valence-corrected chi connectivity index (χ4v) is 3.22. The van der Waals surface area contributed by atoms with Gasteiger partial charge in [-0.2, -0.15) is 0 Å². The Bertz CT molecular complexity index is 932. The third kappa shape index (κ3) is 4.87. The lowest BCUT2D eigenvalue weighted by Gasteiger charge is -2.17. The number of nitrogens with zero attached hydrogens (tertiary/aromatic N) is 2. The Labute approximate surface area is 166 Å². The first-order valence-electron chi connectivity index (χ1n) is 9.03. The molecule has 9 heteroatoms. The molecule has 2 aromatic carbocycles. The topological polar surface area (TPSA) is 102 Å². The van der Waals surface area contributed by atoms with Gasteiger partial charge in [0.2, 0.25) is 11.8 Å². The average Bonchev–Trinajstić information content (AvgIpc) is 3.08. The molecule has 152 valence electrons. The highest BCUT2D eigenvalue weighted by atomic mass is 19.1. The minimum absolute atomic E-state index is 0.0620. The number of nitro benzene ring substituents is 1. The number of rotatable bonds is 7. The first-order chi connectivity index (χ1) is 13.9. The molecule has 0 bridgehead atoms. The van der Waals surface area contributed by atoms with Crippen molar-refractivity contribution >= 4 is 23.2 Å². The van der Waals surface area contributed by atoms with Crippen LogP contribution >= 0.6 is 0 Å². The predicted octanol–water partition coefficient (Wildman–Crippen LogP) is 2.77. The van der Waals surface area contributed by atoms with Gasteiger partial charge in [-0.1, -0.05) is 12.1 Å². The molecule has 0 saturated carbocycles. The van der Waals surface area contributed by atoms with Crippen molar-refractivity contribution < 1.29 is 23.6 Å². The van der Waals surface area contributed by atoms with E-state index in [0.717, 1.165) is 5.56 Å². The zero-order chi connectivity index (χ0) is 21.0. The summed E-state index contributed by atoms with van der Waals surface area (Å²) in [5, 5.41) is 13.6. The second-order valence-corrected chi connectivity index (χ2v) is 6.75. The molecule has 1 heterocycles. The van der Waals surface area contributed by atoms with Crippen molar-refractivity contribution in [3.8, 4) is 5.75 Å². The standard InChI is InChI=1S/C20H20FN3O5/c1-29-18-7-6-16(24(27)28)11-17(18)22-20(26)14-10-19(25)23(12-14)9-8-13-2-4-15(21)5-3-13/h2-7,11,14H,8-10,12H2,1H3,(H,22,26). The molecular formula is C20H20FN3O5. The molecule has 8 nitrogen and oxygen atoms in total. The first-order valence-corrected chi connectivity index (χ1v) is 9.03. The summed E-state index contributed by atoms with van der Waals surface area (Å²) in [4.78, 5) is 36.9. The highest BCUT2D eigenvalue weighted by Gasteiger charge is 2.34. The van der Waals surface area contributed by atoms with E-state index in [0.29, 0.717) is 18.7 Å². The first kappa shape index (κ1) is 20.2. The maximum Gasteiger partial charge on any atom is 0.271 e. The van der Waals surface area contributed by atoms with Crippen LogP contribution in [-0.2, 0) is 16.0 Å². The van der Waals surface area contributed by atoms with Gasteiger partial charge in [0.15, 0.2) is 0 Å². The minimum Gasteiger partial charge on any atom is -0.495 e. The van der Waals surface area contributed by atoms with Crippen LogP contribution in [0.25, 0.3) is 0 Å². The Morgan fingerprint density at radius 2 is 2.03 bits per heavy atom. The summed E-state index contributed by atoms with van der Waals surface area (Å²) in [6.07, 6.45) is 0.617. The van der Waals surface area contributed by atoms with Crippen molar-refractivity contribution in [3.05, 3.63) is 64.0 Å². The molecule has 2 aromatic rings. The van der Waals surface area contributed by atoms with Crippen LogP contribution in [0.3, 0.4) is 0 Å². The Hall–Kier alpha value is -3.49. The van der Waals surface area contributed by atoms with Crippen LogP contribution in [-0.4, -0.2) is 41.8 Å². The van der Waals surface area contributed by atoms with E-state index in [-0.39, 0.29) is 36.1 Å². The molecule has 1 N–H and O–H groups in total. The minimum atomic E-state index is -0.570. The van der Waals surface area contributed by atoms with Gasteiger partial charge in [-0.25, -0.2) is 4.39 Å². The smallest absolute Gasteiger partial charge is 0.271 e. The number of methoxy groups -OCH3 is 1. The molecule has 1 unspecified atom stereocenters. The number of amides is 2. The van der Waals surface area contributed by atoms with Gasteiger partial charge in [-0.15, -0.1) is 0 Å². The molecule has 0 aliphatic carbocycles. The van der Waals surface area contributed by atoms with Crippen molar-refractivity contribution in [1.29, 1.82) is 0 Å². The fourth-order valence-electron chi connectivity index (χ4n) is 3.22. The normalized spacial score (nSPS) is 16.0. The lowest BCUT2D eigenvalue weighted by molar-refractivity contribution is -0.384. The van der Waals surface area contributed by atoms with Crippen LogP contribution in [0.2, 0.25) is 0 Å². The zero-order valence-corrected chi connectivity index (χ0v) is 15.8. The number of hydrogen-bond acceptors (Lipinski definition) is 5. The van der Waals surface area contributed by atoms with Crippen molar-refractivity contribution in [2.45, 2.75) is 12.8 Å². The number of carbonyl (C=O) groups is 2. The zero-order valence-electron chi connectivity index (χ0n) is 15.8. The second-order valence-electron chi connectivity index (χ2n) is 6.75. The highest BCUT2D eigenvalue weighted by Crippen LogP contribution is 2.30. The van der Waals surface area contributed by atoms with Crippen molar-refractivity contribution in [2.24, 2.45) is 5.92 Å². The third-order valence-electron chi connectivity index (χ3n) is 4.82. The number of carbonyl (C=O) groups excluding carboxylic acids is 2. The molecule has 29 heavy (non-hydrogen) atoms. The Balaban J connectivity index is 1.62. The van der Waals surface area contributed by atoms with E-state index in [2.05, 4.69) is 5.32 Å². The molecule has 0 radical (unpaired) electrons. The Kier molecular flexibility index (Phi) is 6.06. The quantitative estimate of drug-likeness (QED) is 0.568. The van der Waals surface area contributed by atoms with Crippen molar-refractivity contribution in [2.75, 3.05) is 25.5 Å². The number of halogens is 1. The van der Waals surface area contributed by atoms with Gasteiger partial charge in [-0.3, -0.25) is 19.7 Å². The van der Waals surface area contributed by atoms with Crippen LogP contribution in [0.4, 0.5) is 15.8 Å². The number of hydrogen-bond donors (Lipinski definition) is 1. The largest absolute Gasteiger partial charge is 0.495 e. The van der Waals surface area contributed by atoms with E-state index in [1.54, 1.807) is 17.0 Å². The molecule has 1 atom stereocenters. The van der Waals surface area contributed by atoms with Crippen LogP contribution in [0.1, 0.15) is 12.0 Å². The monoisotopic (exact) mass is 401 g/mol. The summed E-state index contributed by atoms with van der Waals surface area (Å²) < 4.78 is 18.1. The van der Waals surface area contributed by atoms with E-state index in [4.69, 9.17) is 4.74 Å². The van der Waals surface area contributed by atoms with E-state index < -0.39 is 16.7 Å². The third-order valence-corrected chi connectivity index (χ3v) is 4.82. The molecule has 1 aliphatic heterocycles. The Morgan fingerprint density at radius 3 is 2.69 bits per heavy atom. The van der Waals surface area contributed by atoms with Crippen LogP contribution in [0.5, 0.6) is 5.75 Å². The number of nitrogens with one attached hydrogen (secondary N) is 1. The van der Waals surface area contributed by atoms with Gasteiger partial charge in [0, 0.05) is 31.6 Å². The van der Waals surface area contributed by atoms with E-state index in [1.165, 1.54) is 37.4 Å². The van der Waals surface area contributed by atoms with Crippen LogP contribution in [0, 0.1) is 21.8 Å². The summed E-state index contributed by atoms with van der Waals surface area (Å²) in [6.45, 7) is 0.678. The van der Waals surface area contributed by atoms with Gasteiger partial charge in [0.05, 0.1) is 23.6 Å². The maximum atomic E-state index is 13.0. The van der Waals surface area contributed by atoms with Crippen LogP contribution < -0.4 is 10.1 Å². The van der Waals surface area contributed by atoms with Crippen molar-refractivity contribution in [1.82, 2.24) is 4.90 Å². The summed E-state index contributed by atoms with van der Waals surface area (Å²) in [6, 6.07) is 9.96. The fraction of sp³-hybridized carbons (Fsp3) is 0.300. The summed E-state index contributed by atoms with van der Waals surface area (Å²) in [7, 11) is 1.40. The van der Waals surface area contributed by atoms with Gasteiger partial charge in [0.25, 0.3) is 5.69 Å². The number of benzene rings is 2. The van der Waals surface area contributed by atoms with E-state index in [9.17, 15) is 24.1 Å². The molecule has 3 rings (SSSR count). The lowest BCUT2D eigenvalue weighted by Crippen LogP contribution is -2.30. The van der Waals surface area contributed by atoms with Gasteiger partial charge < -0.3 is 15.0 Å². The lowest BCUT2D eigenvalue weighted by atomic mass is 10.1. The predicted molar refractivity (Wildman–Crippen MR) is 103 cm³/mol. The second kappa shape index (κ2) is 8.68. The number of ether oxygens (including phenoxy) is 1. The Morgan fingerprint density at radius 1 is 1.31 bits per heavy atom. The van der Waals surface area contributed by atoms with E-state index in [1.807, 2.05) is 0 Å². The number of likely N-dealkylation sites (tertiary alicyclic amines) is 1. The summed E-state index contributed by atoms with van der Waals surface area (Å²) in [5.74, 6) is -1.14. The van der Waals surface area contributed by atoms with Crippen LogP contribution in [0.15, 0.2) is 42.5 Å². The maximum absolute atomic E-state index is 13.0. The molecule has 1 aliphatic rings. The summed E-state index contributed by atoms with van der Waals surface area (Å²) >= 11 is 0. The van der Waals surface area contributed by atoms with Gasteiger partial charge in [0.1, 0.15) is 11.6 Å². The average molecular weight is 401 g/mol. The molecule has 0 spiro atoms. The van der Waals surface area contributed by atoms with Gasteiger partial charge in [-0.05, 0) is 30.2 Å². The molecule has 1 fully saturated rings.